The monoisotopic (exact) mass is 483 g/mol. The largest absolute Gasteiger partial charge is 0.483 e. The van der Waals surface area contributed by atoms with E-state index in [1.165, 1.54) is 12.1 Å². The van der Waals surface area contributed by atoms with E-state index >= 15 is 0 Å². The quantitative estimate of drug-likeness (QED) is 0.434. The van der Waals surface area contributed by atoms with Crippen LogP contribution in [0.2, 0.25) is 0 Å². The fourth-order valence-corrected chi connectivity index (χ4v) is 4.40. The van der Waals surface area contributed by atoms with Crippen molar-refractivity contribution in [3.8, 4) is 5.75 Å². The van der Waals surface area contributed by atoms with Crippen LogP contribution in [-0.4, -0.2) is 26.0 Å². The molecule has 0 unspecified atom stereocenters. The van der Waals surface area contributed by atoms with Gasteiger partial charge in [-0.05, 0) is 80.5 Å². The molecule has 0 atom stereocenters. The Hall–Kier alpha value is -3.43. The van der Waals surface area contributed by atoms with Gasteiger partial charge in [0.25, 0.3) is 15.9 Å². The number of hydrogen-bond acceptors (Lipinski definition) is 5. The Bertz CT molecular complexity index is 1270. The number of carbonyl (C=O) groups excluding carboxylic acids is 1. The highest BCUT2D eigenvalue weighted by Gasteiger charge is 2.15. The Balaban J connectivity index is 1.55. The summed E-state index contributed by atoms with van der Waals surface area (Å²) in [5.74, 6) is 0.213. The average Bonchev–Trinajstić information content (AvgIpc) is 2.75. The summed E-state index contributed by atoms with van der Waals surface area (Å²) in [6, 6.07) is 18.9. The summed E-state index contributed by atoms with van der Waals surface area (Å²) in [4.78, 5) is 12.2. The minimum atomic E-state index is -3.75. The van der Waals surface area contributed by atoms with Crippen LogP contribution in [0.15, 0.2) is 71.6 Å². The fourth-order valence-electron chi connectivity index (χ4n) is 3.04. The van der Waals surface area contributed by atoms with E-state index in [2.05, 4.69) is 15.4 Å². The first-order chi connectivity index (χ1) is 15.6. The van der Waals surface area contributed by atoms with Gasteiger partial charge in [0.1, 0.15) is 5.75 Å². The second-order valence-electron chi connectivity index (χ2n) is 7.50. The summed E-state index contributed by atoms with van der Waals surface area (Å²) < 4.78 is 33.5. The second kappa shape index (κ2) is 10.5. The van der Waals surface area contributed by atoms with Crippen molar-refractivity contribution in [1.82, 2.24) is 5.32 Å². The predicted molar refractivity (Wildman–Crippen MR) is 134 cm³/mol. The van der Waals surface area contributed by atoms with Crippen molar-refractivity contribution < 1.29 is 17.9 Å². The number of thiocarbonyl (C=S) groups is 1. The molecule has 0 bridgehead atoms. The molecular formula is C24H25N3O4S2. The first-order valence-electron chi connectivity index (χ1n) is 10.1. The second-order valence-corrected chi connectivity index (χ2v) is 9.60. The van der Waals surface area contributed by atoms with Crippen molar-refractivity contribution in [3.63, 3.8) is 0 Å². The third-order valence-electron chi connectivity index (χ3n) is 4.75. The van der Waals surface area contributed by atoms with Gasteiger partial charge in [-0.25, -0.2) is 8.42 Å². The van der Waals surface area contributed by atoms with Crippen LogP contribution in [-0.2, 0) is 14.8 Å². The summed E-state index contributed by atoms with van der Waals surface area (Å²) in [6.07, 6.45) is 0. The maximum absolute atomic E-state index is 12.7. The maximum Gasteiger partial charge on any atom is 0.264 e. The fraction of sp³-hybridized carbons (Fsp3) is 0.167. The maximum atomic E-state index is 12.7. The lowest BCUT2D eigenvalue weighted by atomic mass is 10.1. The van der Waals surface area contributed by atoms with Gasteiger partial charge in [-0.3, -0.25) is 14.8 Å². The Morgan fingerprint density at radius 2 is 1.64 bits per heavy atom. The number of nitrogens with one attached hydrogen (secondary N) is 3. The van der Waals surface area contributed by atoms with Crippen LogP contribution in [0.4, 0.5) is 11.4 Å². The lowest BCUT2D eigenvalue weighted by Crippen LogP contribution is -2.37. The Morgan fingerprint density at radius 1 is 0.939 bits per heavy atom. The molecule has 3 N–H and O–H groups in total. The molecule has 0 fully saturated rings. The van der Waals surface area contributed by atoms with Crippen molar-refractivity contribution >= 4 is 44.6 Å². The summed E-state index contributed by atoms with van der Waals surface area (Å²) in [5.41, 5.74) is 3.87. The summed E-state index contributed by atoms with van der Waals surface area (Å²) in [6.45, 7) is 5.50. The highest BCUT2D eigenvalue weighted by atomic mass is 32.2. The molecule has 9 heteroatoms. The van der Waals surface area contributed by atoms with Gasteiger partial charge in [-0.1, -0.05) is 35.9 Å². The minimum Gasteiger partial charge on any atom is -0.483 e. The van der Waals surface area contributed by atoms with Crippen molar-refractivity contribution in [3.05, 3.63) is 83.4 Å². The van der Waals surface area contributed by atoms with E-state index in [0.29, 0.717) is 17.1 Å². The van der Waals surface area contributed by atoms with Gasteiger partial charge in [0.2, 0.25) is 0 Å². The van der Waals surface area contributed by atoms with Crippen LogP contribution in [0.25, 0.3) is 0 Å². The molecule has 3 rings (SSSR count). The first-order valence-corrected chi connectivity index (χ1v) is 12.0. The van der Waals surface area contributed by atoms with Gasteiger partial charge in [-0.2, -0.15) is 0 Å². The normalized spacial score (nSPS) is 10.9. The van der Waals surface area contributed by atoms with Crippen LogP contribution >= 0.6 is 12.2 Å². The highest BCUT2D eigenvalue weighted by molar-refractivity contribution is 7.92. The molecule has 0 aromatic heterocycles. The topological polar surface area (TPSA) is 96.5 Å². The summed E-state index contributed by atoms with van der Waals surface area (Å²) in [5, 5.41) is 5.47. The van der Waals surface area contributed by atoms with Gasteiger partial charge in [0.05, 0.1) is 10.6 Å². The number of ether oxygens (including phenoxy) is 1. The van der Waals surface area contributed by atoms with Crippen LogP contribution in [0.3, 0.4) is 0 Å². The zero-order valence-electron chi connectivity index (χ0n) is 18.5. The Labute approximate surface area is 199 Å². The number of sulfonamides is 1. The van der Waals surface area contributed by atoms with Gasteiger partial charge >= 0.3 is 0 Å². The van der Waals surface area contributed by atoms with E-state index in [-0.39, 0.29) is 16.6 Å². The minimum absolute atomic E-state index is 0.0809. The molecule has 33 heavy (non-hydrogen) atoms. The molecule has 1 amide bonds. The first kappa shape index (κ1) is 24.2. The van der Waals surface area contributed by atoms with E-state index in [4.69, 9.17) is 17.0 Å². The highest BCUT2D eigenvalue weighted by Crippen LogP contribution is 2.22. The van der Waals surface area contributed by atoms with E-state index in [9.17, 15) is 13.2 Å². The third-order valence-corrected chi connectivity index (χ3v) is 6.34. The zero-order chi connectivity index (χ0) is 24.0. The number of amides is 1. The molecule has 0 aliphatic heterocycles. The number of aryl methyl sites for hydroxylation is 3. The molecule has 0 aliphatic carbocycles. The number of para-hydroxylation sites is 1. The molecule has 7 nitrogen and oxygen atoms in total. The number of carbonyl (C=O) groups is 1. The van der Waals surface area contributed by atoms with Crippen LogP contribution in [0.5, 0.6) is 5.75 Å². The molecule has 3 aromatic rings. The van der Waals surface area contributed by atoms with Crippen molar-refractivity contribution in [2.24, 2.45) is 0 Å². The Kier molecular flexibility index (Phi) is 7.67. The summed E-state index contributed by atoms with van der Waals surface area (Å²) in [7, 11) is -3.75. The summed E-state index contributed by atoms with van der Waals surface area (Å²) >= 11 is 5.16. The van der Waals surface area contributed by atoms with Crippen molar-refractivity contribution in [2.75, 3.05) is 16.6 Å². The van der Waals surface area contributed by atoms with E-state index in [1.807, 2.05) is 51.1 Å². The average molecular weight is 484 g/mol. The lowest BCUT2D eigenvalue weighted by molar-refractivity contribution is -0.121. The number of rotatable bonds is 7. The van der Waals surface area contributed by atoms with Crippen molar-refractivity contribution in [1.29, 1.82) is 0 Å². The Morgan fingerprint density at radius 3 is 2.30 bits per heavy atom. The van der Waals surface area contributed by atoms with Gasteiger partial charge in [0.15, 0.2) is 11.7 Å². The van der Waals surface area contributed by atoms with Crippen LogP contribution in [0.1, 0.15) is 16.7 Å². The zero-order valence-corrected chi connectivity index (χ0v) is 20.1. The van der Waals surface area contributed by atoms with Crippen LogP contribution < -0.4 is 20.1 Å². The number of anilines is 2. The molecule has 0 spiro atoms. The number of benzene rings is 3. The van der Waals surface area contributed by atoms with Crippen LogP contribution in [0, 0.1) is 20.8 Å². The smallest absolute Gasteiger partial charge is 0.264 e. The van der Waals surface area contributed by atoms with Gasteiger partial charge < -0.3 is 10.1 Å². The number of hydrogen-bond donors (Lipinski definition) is 3. The molecule has 3 aromatic carbocycles. The molecule has 172 valence electrons. The van der Waals surface area contributed by atoms with Gasteiger partial charge in [0, 0.05) is 5.69 Å². The van der Waals surface area contributed by atoms with E-state index in [1.54, 1.807) is 24.3 Å². The van der Waals surface area contributed by atoms with E-state index in [0.717, 1.165) is 16.7 Å². The van der Waals surface area contributed by atoms with Crippen molar-refractivity contribution in [2.45, 2.75) is 25.7 Å². The molecule has 0 radical (unpaired) electrons. The SMILES string of the molecule is Cc1ccc(NS(=O)(=O)c2ccc(NC(=S)NC(=O)COc3ccccc3C)cc2)c(C)c1. The molecule has 0 heterocycles. The molecule has 0 saturated carbocycles. The third kappa shape index (κ3) is 6.77. The van der Waals surface area contributed by atoms with Gasteiger partial charge in [-0.15, -0.1) is 0 Å². The lowest BCUT2D eigenvalue weighted by Gasteiger charge is -2.13. The van der Waals surface area contributed by atoms with E-state index < -0.39 is 15.9 Å². The standard InChI is InChI=1S/C24H25N3O4S2/c1-16-8-13-21(18(3)14-16)27-33(29,30)20-11-9-19(10-12-20)25-24(32)26-23(28)15-31-22-7-5-4-6-17(22)2/h4-14,27H,15H2,1-3H3,(H2,25,26,28,32). The predicted octanol–water partition coefficient (Wildman–Crippen LogP) is 4.30. The molecule has 0 aliphatic rings. The molecule has 0 saturated heterocycles. The molecular weight excluding hydrogens is 458 g/mol.